The van der Waals surface area contributed by atoms with Crippen molar-refractivity contribution in [1.82, 2.24) is 4.98 Å². The van der Waals surface area contributed by atoms with E-state index in [9.17, 15) is 18.0 Å². The Morgan fingerprint density at radius 1 is 1.40 bits per heavy atom. The molecule has 0 saturated carbocycles. The number of hydrogen-bond donors (Lipinski definition) is 1. The highest BCUT2D eigenvalue weighted by Gasteiger charge is 2.42. The van der Waals surface area contributed by atoms with Gasteiger partial charge in [0.1, 0.15) is 16.0 Å². The van der Waals surface area contributed by atoms with Crippen LogP contribution in [0.4, 0.5) is 13.2 Å². The normalized spacial score (nSPS) is 14.3. The Labute approximate surface area is 118 Å². The first kappa shape index (κ1) is 16.9. The lowest BCUT2D eigenvalue weighted by atomic mass is 9.89. The van der Waals surface area contributed by atoms with Gasteiger partial charge in [-0.15, -0.1) is 11.3 Å². The van der Waals surface area contributed by atoms with Crippen molar-refractivity contribution < 1.29 is 27.8 Å². The van der Waals surface area contributed by atoms with Crippen LogP contribution in [0.1, 0.15) is 54.2 Å². The maximum atomic E-state index is 12.8. The Morgan fingerprint density at radius 2 is 1.95 bits per heavy atom. The van der Waals surface area contributed by atoms with Crippen LogP contribution in [0.5, 0.6) is 0 Å². The molecule has 0 bridgehead atoms. The molecule has 0 aromatic carbocycles. The number of aromatic carboxylic acids is 1. The third kappa shape index (κ3) is 3.69. The van der Waals surface area contributed by atoms with E-state index in [0.717, 1.165) is 0 Å². The number of thiazole rings is 1. The summed E-state index contributed by atoms with van der Waals surface area (Å²) in [4.78, 5) is 13.6. The smallest absolute Gasteiger partial charge is 0.435 e. The summed E-state index contributed by atoms with van der Waals surface area (Å²) in [6.45, 7) is 7.40. The number of alkyl halides is 3. The molecule has 1 N–H and O–H groups in total. The molecule has 1 aromatic heterocycles. The van der Waals surface area contributed by atoms with Gasteiger partial charge in [0.05, 0.1) is 0 Å². The molecule has 1 heterocycles. The fraction of sp³-hybridized carbons (Fsp3) is 0.667. The fourth-order valence-electron chi connectivity index (χ4n) is 1.64. The summed E-state index contributed by atoms with van der Waals surface area (Å²) in [7, 11) is 0. The zero-order valence-electron chi connectivity index (χ0n) is 11.5. The number of hydrogen-bond acceptors (Lipinski definition) is 4. The number of carbonyl (C=O) groups is 1. The van der Waals surface area contributed by atoms with Crippen LogP contribution in [0.15, 0.2) is 0 Å². The van der Waals surface area contributed by atoms with Gasteiger partial charge in [-0.2, -0.15) is 13.2 Å². The Hall–Kier alpha value is -1.15. The molecule has 0 saturated heterocycles. The van der Waals surface area contributed by atoms with Crippen LogP contribution in [-0.4, -0.2) is 22.7 Å². The second kappa shape index (κ2) is 5.69. The largest absolute Gasteiger partial charge is 0.477 e. The molecule has 0 radical (unpaired) electrons. The first-order valence-electron chi connectivity index (χ1n) is 5.91. The van der Waals surface area contributed by atoms with Crippen molar-refractivity contribution in [2.24, 2.45) is 5.41 Å². The molecular formula is C12H16F3NO3S. The Morgan fingerprint density at radius 3 is 2.25 bits per heavy atom. The second-order valence-electron chi connectivity index (χ2n) is 5.23. The van der Waals surface area contributed by atoms with Crippen molar-refractivity contribution in [1.29, 1.82) is 0 Å². The second-order valence-corrected chi connectivity index (χ2v) is 6.26. The minimum Gasteiger partial charge on any atom is -0.477 e. The molecule has 1 rings (SSSR count). The summed E-state index contributed by atoms with van der Waals surface area (Å²) in [5.41, 5.74) is -1.86. The first-order chi connectivity index (χ1) is 8.98. The molecule has 0 aliphatic rings. The van der Waals surface area contributed by atoms with Gasteiger partial charge in [-0.05, 0) is 12.3 Å². The molecule has 8 heteroatoms. The van der Waals surface area contributed by atoms with Crippen LogP contribution < -0.4 is 0 Å². The third-order valence-corrected chi connectivity index (χ3v) is 3.54. The van der Waals surface area contributed by atoms with E-state index in [4.69, 9.17) is 9.84 Å². The van der Waals surface area contributed by atoms with E-state index < -0.39 is 34.2 Å². The topological polar surface area (TPSA) is 59.4 Å². The SMILES string of the molecule is CCOC(c1nc(C(F)(F)F)c(C(=O)O)s1)C(C)(C)C. The number of rotatable bonds is 4. The summed E-state index contributed by atoms with van der Waals surface area (Å²) in [6, 6.07) is 0. The minimum absolute atomic E-state index is 0.0316. The van der Waals surface area contributed by atoms with Gasteiger partial charge in [-0.1, -0.05) is 20.8 Å². The van der Waals surface area contributed by atoms with Gasteiger partial charge in [0.25, 0.3) is 0 Å². The highest BCUT2D eigenvalue weighted by atomic mass is 32.1. The van der Waals surface area contributed by atoms with Crippen LogP contribution in [0, 0.1) is 5.41 Å². The monoisotopic (exact) mass is 311 g/mol. The van der Waals surface area contributed by atoms with Gasteiger partial charge in [0.15, 0.2) is 5.69 Å². The quantitative estimate of drug-likeness (QED) is 0.913. The summed E-state index contributed by atoms with van der Waals surface area (Å²) < 4.78 is 43.9. The maximum absolute atomic E-state index is 12.8. The molecule has 114 valence electrons. The first-order valence-corrected chi connectivity index (χ1v) is 6.73. The van der Waals surface area contributed by atoms with Gasteiger partial charge in [-0.3, -0.25) is 0 Å². The standard InChI is InChI=1S/C12H16F3NO3S/c1-5-19-8(11(2,3)4)9-16-7(12(13,14)15)6(20-9)10(17)18/h8H,5H2,1-4H3,(H,17,18). The van der Waals surface area contributed by atoms with Gasteiger partial charge in [0.2, 0.25) is 0 Å². The lowest BCUT2D eigenvalue weighted by Crippen LogP contribution is -2.21. The minimum atomic E-state index is -4.79. The fourth-order valence-corrected chi connectivity index (χ4v) is 2.86. The molecule has 0 aliphatic heterocycles. The van der Waals surface area contributed by atoms with Crippen LogP contribution in [0.25, 0.3) is 0 Å². The van der Waals surface area contributed by atoms with Gasteiger partial charge in [0, 0.05) is 6.61 Å². The molecule has 20 heavy (non-hydrogen) atoms. The summed E-state index contributed by atoms with van der Waals surface area (Å²) in [5.74, 6) is -1.63. The van der Waals surface area contributed by atoms with Gasteiger partial charge in [-0.25, -0.2) is 9.78 Å². The summed E-state index contributed by atoms with van der Waals surface area (Å²) >= 11 is 0.514. The van der Waals surface area contributed by atoms with Crippen molar-refractivity contribution in [2.45, 2.75) is 40.0 Å². The van der Waals surface area contributed by atoms with E-state index in [2.05, 4.69) is 4.98 Å². The lowest BCUT2D eigenvalue weighted by molar-refractivity contribution is -0.141. The molecule has 1 unspecified atom stereocenters. The van der Waals surface area contributed by atoms with Crippen molar-refractivity contribution in [3.05, 3.63) is 15.6 Å². The van der Waals surface area contributed by atoms with E-state index in [1.54, 1.807) is 27.7 Å². The molecule has 1 atom stereocenters. The van der Waals surface area contributed by atoms with Crippen molar-refractivity contribution in [3.63, 3.8) is 0 Å². The lowest BCUT2D eigenvalue weighted by Gasteiger charge is -2.28. The number of ether oxygens (including phenoxy) is 1. The molecule has 0 spiro atoms. The van der Waals surface area contributed by atoms with E-state index in [1.165, 1.54) is 0 Å². The highest BCUT2D eigenvalue weighted by Crippen LogP contribution is 2.42. The number of nitrogens with zero attached hydrogens (tertiary/aromatic N) is 1. The van der Waals surface area contributed by atoms with Crippen LogP contribution in [0.3, 0.4) is 0 Å². The molecule has 4 nitrogen and oxygen atoms in total. The predicted octanol–water partition coefficient (Wildman–Crippen LogP) is 3.98. The Bertz CT molecular complexity index is 491. The van der Waals surface area contributed by atoms with E-state index in [0.29, 0.717) is 17.9 Å². The van der Waals surface area contributed by atoms with E-state index in [1.807, 2.05) is 0 Å². The highest BCUT2D eigenvalue weighted by molar-refractivity contribution is 7.13. The van der Waals surface area contributed by atoms with E-state index in [-0.39, 0.29) is 5.01 Å². The molecule has 0 fully saturated rings. The van der Waals surface area contributed by atoms with Gasteiger partial charge < -0.3 is 9.84 Å². The third-order valence-electron chi connectivity index (χ3n) is 2.45. The number of carboxylic acid groups (broad SMARTS) is 1. The van der Waals surface area contributed by atoms with Crippen LogP contribution in [-0.2, 0) is 10.9 Å². The van der Waals surface area contributed by atoms with Crippen LogP contribution in [0.2, 0.25) is 0 Å². The van der Waals surface area contributed by atoms with Gasteiger partial charge >= 0.3 is 12.1 Å². The number of halogens is 3. The average molecular weight is 311 g/mol. The van der Waals surface area contributed by atoms with Crippen molar-refractivity contribution in [2.75, 3.05) is 6.61 Å². The van der Waals surface area contributed by atoms with Crippen molar-refractivity contribution in [3.8, 4) is 0 Å². The Balaban J connectivity index is 3.35. The Kier molecular flexibility index (Phi) is 4.81. The zero-order valence-corrected chi connectivity index (χ0v) is 12.4. The molecule has 0 amide bonds. The molecular weight excluding hydrogens is 295 g/mol. The number of carboxylic acids is 1. The van der Waals surface area contributed by atoms with Crippen LogP contribution >= 0.6 is 11.3 Å². The average Bonchev–Trinajstić information content (AvgIpc) is 2.68. The van der Waals surface area contributed by atoms with Crippen molar-refractivity contribution >= 4 is 17.3 Å². The molecule has 1 aromatic rings. The zero-order chi connectivity index (χ0) is 15.7. The maximum Gasteiger partial charge on any atom is 0.435 e. The summed E-state index contributed by atoms with van der Waals surface area (Å²) in [5, 5.41) is 8.92. The summed E-state index contributed by atoms with van der Waals surface area (Å²) in [6.07, 6.45) is -5.48. The number of aromatic nitrogens is 1. The van der Waals surface area contributed by atoms with E-state index >= 15 is 0 Å². The predicted molar refractivity (Wildman–Crippen MR) is 67.9 cm³/mol. The molecule has 0 aliphatic carbocycles.